The highest BCUT2D eigenvalue weighted by molar-refractivity contribution is 8.00. The minimum atomic E-state index is -0.616. The normalized spacial score (nSPS) is 13.4. The zero-order valence-corrected chi connectivity index (χ0v) is 13.8. The largest absolute Gasteiger partial charge is 0.353 e. The van der Waals surface area contributed by atoms with Crippen molar-refractivity contribution in [1.82, 2.24) is 5.32 Å². The van der Waals surface area contributed by atoms with Gasteiger partial charge in [-0.25, -0.2) is 0 Å². The van der Waals surface area contributed by atoms with E-state index in [0.29, 0.717) is 6.54 Å². The number of hydrogen-bond donors (Lipinski definition) is 2. The number of aryl methyl sites for hydroxylation is 1. The first-order chi connectivity index (χ1) is 10.6. The van der Waals surface area contributed by atoms with E-state index in [4.69, 9.17) is 5.73 Å². The van der Waals surface area contributed by atoms with Crippen molar-refractivity contribution in [2.45, 2.75) is 30.0 Å². The topological polar surface area (TPSA) is 55.1 Å². The molecule has 0 aliphatic carbocycles. The van der Waals surface area contributed by atoms with Crippen molar-refractivity contribution in [3.63, 3.8) is 0 Å². The average Bonchev–Trinajstić information content (AvgIpc) is 2.53. The fourth-order valence-corrected chi connectivity index (χ4v) is 3.00. The summed E-state index contributed by atoms with van der Waals surface area (Å²) in [4.78, 5) is 13.3. The molecule has 116 valence electrons. The van der Waals surface area contributed by atoms with Crippen LogP contribution in [0.3, 0.4) is 0 Å². The smallest absolute Gasteiger partial charge is 0.241 e. The Bertz CT molecular complexity index is 598. The quantitative estimate of drug-likeness (QED) is 0.805. The van der Waals surface area contributed by atoms with Crippen LogP contribution < -0.4 is 11.1 Å². The molecule has 0 bridgehead atoms. The molecule has 0 saturated carbocycles. The van der Waals surface area contributed by atoms with Crippen molar-refractivity contribution >= 4 is 17.7 Å². The Morgan fingerprint density at radius 3 is 2.41 bits per heavy atom. The Balaban J connectivity index is 1.82. The molecule has 0 heterocycles. The summed E-state index contributed by atoms with van der Waals surface area (Å²) in [6.07, 6.45) is 0. The molecule has 4 heteroatoms. The lowest BCUT2D eigenvalue weighted by atomic mass is 10.1. The SMILES string of the molecule is Cc1ccc(C(N)C(=O)NCC(C)Sc2ccccc2)cc1. The standard InChI is InChI=1S/C18H22N2OS/c1-13-8-10-15(11-9-13)17(19)18(21)20-12-14(2)22-16-6-4-3-5-7-16/h3-11,14,17H,12,19H2,1-2H3,(H,20,21). The van der Waals surface area contributed by atoms with Crippen LogP contribution >= 0.6 is 11.8 Å². The molecule has 3 nitrogen and oxygen atoms in total. The van der Waals surface area contributed by atoms with E-state index < -0.39 is 6.04 Å². The third-order valence-electron chi connectivity index (χ3n) is 3.36. The maximum Gasteiger partial charge on any atom is 0.241 e. The molecule has 0 radical (unpaired) electrons. The summed E-state index contributed by atoms with van der Waals surface area (Å²) >= 11 is 1.74. The van der Waals surface area contributed by atoms with Crippen molar-refractivity contribution in [1.29, 1.82) is 0 Å². The first kappa shape index (κ1) is 16.6. The van der Waals surface area contributed by atoms with E-state index >= 15 is 0 Å². The molecule has 0 aromatic heterocycles. The van der Waals surface area contributed by atoms with Crippen LogP contribution in [0.15, 0.2) is 59.5 Å². The lowest BCUT2D eigenvalue weighted by Gasteiger charge is -2.16. The molecule has 2 atom stereocenters. The first-order valence-corrected chi connectivity index (χ1v) is 8.26. The van der Waals surface area contributed by atoms with Crippen molar-refractivity contribution in [3.05, 3.63) is 65.7 Å². The molecule has 0 fully saturated rings. The fraction of sp³-hybridized carbons (Fsp3) is 0.278. The Morgan fingerprint density at radius 2 is 1.77 bits per heavy atom. The van der Waals surface area contributed by atoms with Gasteiger partial charge in [-0.05, 0) is 24.6 Å². The second kappa shape index (κ2) is 8.01. The van der Waals surface area contributed by atoms with Crippen molar-refractivity contribution in [2.75, 3.05) is 6.54 Å². The fourth-order valence-electron chi connectivity index (χ4n) is 2.05. The van der Waals surface area contributed by atoms with Gasteiger partial charge in [0.05, 0.1) is 0 Å². The van der Waals surface area contributed by atoms with Crippen molar-refractivity contribution < 1.29 is 4.79 Å². The third kappa shape index (κ3) is 4.90. The second-order valence-corrected chi connectivity index (χ2v) is 6.89. The van der Waals surface area contributed by atoms with Crippen LogP contribution in [0.25, 0.3) is 0 Å². The van der Waals surface area contributed by atoms with Crippen LogP contribution in [0, 0.1) is 6.92 Å². The summed E-state index contributed by atoms with van der Waals surface area (Å²) in [6, 6.07) is 17.3. The van der Waals surface area contributed by atoms with Gasteiger partial charge in [0.25, 0.3) is 0 Å². The predicted octanol–water partition coefficient (Wildman–Crippen LogP) is 3.29. The van der Waals surface area contributed by atoms with Gasteiger partial charge in [0.15, 0.2) is 0 Å². The van der Waals surface area contributed by atoms with Gasteiger partial charge in [-0.15, -0.1) is 11.8 Å². The van der Waals surface area contributed by atoms with E-state index in [-0.39, 0.29) is 11.2 Å². The second-order valence-electron chi connectivity index (χ2n) is 5.38. The summed E-state index contributed by atoms with van der Waals surface area (Å²) in [7, 11) is 0. The Labute approximate surface area is 136 Å². The molecule has 2 aromatic carbocycles. The minimum absolute atomic E-state index is 0.135. The van der Waals surface area contributed by atoms with Gasteiger partial charge >= 0.3 is 0 Å². The first-order valence-electron chi connectivity index (χ1n) is 7.38. The number of benzene rings is 2. The highest BCUT2D eigenvalue weighted by Crippen LogP contribution is 2.22. The van der Waals surface area contributed by atoms with Gasteiger partial charge in [-0.2, -0.15) is 0 Å². The van der Waals surface area contributed by atoms with E-state index in [2.05, 4.69) is 24.4 Å². The molecular formula is C18H22N2OS. The van der Waals surface area contributed by atoms with Gasteiger partial charge in [-0.1, -0.05) is 55.0 Å². The summed E-state index contributed by atoms with van der Waals surface area (Å²) in [5.41, 5.74) is 8.00. The molecule has 3 N–H and O–H groups in total. The van der Waals surface area contributed by atoms with Gasteiger partial charge < -0.3 is 11.1 Å². The summed E-state index contributed by atoms with van der Waals surface area (Å²) < 4.78 is 0. The van der Waals surface area contributed by atoms with Crippen molar-refractivity contribution in [3.8, 4) is 0 Å². The Hall–Kier alpha value is -1.78. The lowest BCUT2D eigenvalue weighted by Crippen LogP contribution is -2.37. The summed E-state index contributed by atoms with van der Waals surface area (Å²) in [5.74, 6) is -0.135. The Morgan fingerprint density at radius 1 is 1.14 bits per heavy atom. The highest BCUT2D eigenvalue weighted by atomic mass is 32.2. The molecule has 2 aromatic rings. The maximum atomic E-state index is 12.1. The summed E-state index contributed by atoms with van der Waals surface area (Å²) in [5, 5.41) is 3.22. The number of amides is 1. The predicted molar refractivity (Wildman–Crippen MR) is 92.9 cm³/mol. The molecule has 2 rings (SSSR count). The lowest BCUT2D eigenvalue weighted by molar-refractivity contribution is -0.122. The number of rotatable bonds is 6. The van der Waals surface area contributed by atoms with E-state index in [1.54, 1.807) is 11.8 Å². The molecule has 0 aliphatic heterocycles. The zero-order valence-electron chi connectivity index (χ0n) is 13.0. The molecule has 0 saturated heterocycles. The monoisotopic (exact) mass is 314 g/mol. The van der Waals surface area contributed by atoms with Crippen LogP contribution in [0.4, 0.5) is 0 Å². The van der Waals surface area contributed by atoms with Gasteiger partial charge in [0.1, 0.15) is 6.04 Å². The number of nitrogens with two attached hydrogens (primary N) is 1. The van der Waals surface area contributed by atoms with Gasteiger partial charge in [-0.3, -0.25) is 4.79 Å². The number of nitrogens with one attached hydrogen (secondary N) is 1. The number of thioether (sulfide) groups is 1. The number of carbonyl (C=O) groups excluding carboxylic acids is 1. The number of hydrogen-bond acceptors (Lipinski definition) is 3. The van der Waals surface area contributed by atoms with Crippen LogP contribution in [-0.4, -0.2) is 17.7 Å². The molecule has 2 unspecified atom stereocenters. The van der Waals surface area contributed by atoms with Gasteiger partial charge in [0, 0.05) is 16.7 Å². The molecule has 22 heavy (non-hydrogen) atoms. The minimum Gasteiger partial charge on any atom is -0.353 e. The summed E-state index contributed by atoms with van der Waals surface area (Å²) in [6.45, 7) is 4.70. The maximum absolute atomic E-state index is 12.1. The van der Waals surface area contributed by atoms with Crippen LogP contribution in [0.1, 0.15) is 24.1 Å². The van der Waals surface area contributed by atoms with Gasteiger partial charge in [0.2, 0.25) is 5.91 Å². The molecule has 1 amide bonds. The van der Waals surface area contributed by atoms with Crippen molar-refractivity contribution in [2.24, 2.45) is 5.73 Å². The molecule has 0 spiro atoms. The van der Waals surface area contributed by atoms with E-state index in [1.807, 2.05) is 49.4 Å². The number of carbonyl (C=O) groups is 1. The van der Waals surface area contributed by atoms with Crippen LogP contribution in [0.5, 0.6) is 0 Å². The molecule has 0 aliphatic rings. The Kier molecular flexibility index (Phi) is 6.04. The zero-order chi connectivity index (χ0) is 15.9. The average molecular weight is 314 g/mol. The van der Waals surface area contributed by atoms with E-state index in [9.17, 15) is 4.79 Å². The van der Waals surface area contributed by atoms with E-state index in [0.717, 1.165) is 11.1 Å². The van der Waals surface area contributed by atoms with Crippen LogP contribution in [-0.2, 0) is 4.79 Å². The van der Waals surface area contributed by atoms with Crippen LogP contribution in [0.2, 0.25) is 0 Å². The van der Waals surface area contributed by atoms with E-state index in [1.165, 1.54) is 4.90 Å². The highest BCUT2D eigenvalue weighted by Gasteiger charge is 2.16. The molecular weight excluding hydrogens is 292 g/mol. The third-order valence-corrected chi connectivity index (χ3v) is 4.48.